The lowest BCUT2D eigenvalue weighted by Crippen LogP contribution is -2.41. The molecule has 2 aromatic heterocycles. The number of ether oxygens (including phenoxy) is 1. The van der Waals surface area contributed by atoms with E-state index in [0.29, 0.717) is 24.3 Å². The lowest BCUT2D eigenvalue weighted by atomic mass is 9.75. The fraction of sp³-hybridized carbons (Fsp3) is 0.412. The monoisotopic (exact) mass is 315 g/mol. The summed E-state index contributed by atoms with van der Waals surface area (Å²) in [6, 6.07) is 5.31. The average Bonchev–Trinajstić information content (AvgIpc) is 2.96. The van der Waals surface area contributed by atoms with Crippen LogP contribution in [0.2, 0.25) is 0 Å². The summed E-state index contributed by atoms with van der Waals surface area (Å²) in [6.07, 6.45) is 6.28. The van der Waals surface area contributed by atoms with E-state index in [-0.39, 0.29) is 24.0 Å². The van der Waals surface area contributed by atoms with E-state index in [1.807, 2.05) is 25.4 Å². The van der Waals surface area contributed by atoms with Crippen LogP contribution in [0, 0.1) is 5.92 Å². The van der Waals surface area contributed by atoms with E-state index in [0.717, 1.165) is 5.56 Å². The summed E-state index contributed by atoms with van der Waals surface area (Å²) in [4.78, 5) is 16.7. The molecule has 3 rings (SSSR count). The van der Waals surface area contributed by atoms with Crippen molar-refractivity contribution in [1.29, 1.82) is 0 Å². The second-order valence-corrected chi connectivity index (χ2v) is 6.00. The van der Waals surface area contributed by atoms with Crippen molar-refractivity contribution in [3.63, 3.8) is 0 Å². The third kappa shape index (κ3) is 3.22. The van der Waals surface area contributed by atoms with Crippen molar-refractivity contribution >= 4 is 5.91 Å². The van der Waals surface area contributed by atoms with Crippen molar-refractivity contribution in [2.45, 2.75) is 25.0 Å². The largest absolute Gasteiger partial charge is 0.495 e. The van der Waals surface area contributed by atoms with Gasteiger partial charge in [-0.15, -0.1) is 0 Å². The van der Waals surface area contributed by atoms with Gasteiger partial charge in [-0.05, 0) is 42.5 Å². The molecule has 6 nitrogen and oxygen atoms in total. The number of carbonyl (C=O) groups is 1. The molecule has 1 atom stereocenters. The Bertz CT molecular complexity index is 692. The molecule has 2 aromatic rings. The van der Waals surface area contributed by atoms with E-state index in [2.05, 4.69) is 10.3 Å². The number of aliphatic hydroxyl groups excluding tert-OH is 1. The molecule has 1 amide bonds. The molecular formula is C17H21N3O3. The van der Waals surface area contributed by atoms with Crippen molar-refractivity contribution < 1.29 is 14.6 Å². The first-order valence-electron chi connectivity index (χ1n) is 7.67. The summed E-state index contributed by atoms with van der Waals surface area (Å²) in [5.74, 6) is 0.718. The molecule has 122 valence electrons. The number of nitrogens with zero attached hydrogens (tertiary/aromatic N) is 2. The number of rotatable bonds is 5. The molecule has 1 aliphatic rings. The third-order valence-corrected chi connectivity index (χ3v) is 4.41. The number of aliphatic hydroxyl groups is 1. The van der Waals surface area contributed by atoms with Crippen LogP contribution in [-0.2, 0) is 7.05 Å². The fourth-order valence-electron chi connectivity index (χ4n) is 3.00. The van der Waals surface area contributed by atoms with E-state index in [1.165, 1.54) is 0 Å². The lowest BCUT2D eigenvalue weighted by Gasteiger charge is -2.38. The number of aromatic nitrogens is 2. The number of pyridine rings is 1. The molecule has 1 aliphatic carbocycles. The average molecular weight is 315 g/mol. The molecule has 0 aromatic carbocycles. The van der Waals surface area contributed by atoms with Gasteiger partial charge in [-0.1, -0.05) is 0 Å². The van der Waals surface area contributed by atoms with Crippen LogP contribution in [0.5, 0.6) is 5.75 Å². The summed E-state index contributed by atoms with van der Waals surface area (Å²) >= 11 is 0. The van der Waals surface area contributed by atoms with Crippen molar-refractivity contribution in [3.8, 4) is 5.75 Å². The Balaban J connectivity index is 1.84. The fourth-order valence-corrected chi connectivity index (χ4v) is 3.00. The van der Waals surface area contributed by atoms with Crippen molar-refractivity contribution in [1.82, 2.24) is 14.9 Å². The van der Waals surface area contributed by atoms with Crippen molar-refractivity contribution in [2.24, 2.45) is 13.0 Å². The molecule has 1 saturated carbocycles. The summed E-state index contributed by atoms with van der Waals surface area (Å²) < 4.78 is 7.01. The van der Waals surface area contributed by atoms with Crippen molar-refractivity contribution in [3.05, 3.63) is 48.0 Å². The second kappa shape index (κ2) is 6.42. The Morgan fingerprint density at radius 2 is 2.26 bits per heavy atom. The molecule has 2 heterocycles. The Hall–Kier alpha value is -2.34. The predicted molar refractivity (Wildman–Crippen MR) is 85.1 cm³/mol. The minimum Gasteiger partial charge on any atom is -0.495 e. The standard InChI is InChI=1S/C17H21N3O3/c1-20-5-3-4-15(20)17(22)19-16(11-6-13(21)7-11)12-8-14(23-2)10-18-9-12/h3-5,8-11,13,16,21H,6-7H2,1-2H3,(H,19,22)/t11?,13?,16-/m1/s1. The van der Waals surface area contributed by atoms with Gasteiger partial charge in [0.25, 0.3) is 5.91 Å². The summed E-state index contributed by atoms with van der Waals surface area (Å²) in [5, 5.41) is 12.7. The van der Waals surface area contributed by atoms with Gasteiger partial charge in [-0.2, -0.15) is 0 Å². The molecule has 0 saturated heterocycles. The van der Waals surface area contributed by atoms with Crippen molar-refractivity contribution in [2.75, 3.05) is 7.11 Å². The molecule has 0 bridgehead atoms. The van der Waals surface area contributed by atoms with Gasteiger partial charge in [0, 0.05) is 19.4 Å². The SMILES string of the molecule is COc1cncc([C@H](NC(=O)c2cccn2C)C2CC(O)C2)c1. The maximum Gasteiger partial charge on any atom is 0.268 e. The van der Waals surface area contributed by atoms with Crippen LogP contribution >= 0.6 is 0 Å². The predicted octanol–water partition coefficient (Wildman–Crippen LogP) is 1.67. The number of aryl methyl sites for hydroxylation is 1. The first-order chi connectivity index (χ1) is 11.1. The van der Waals surface area contributed by atoms with Gasteiger partial charge in [0.05, 0.1) is 25.5 Å². The van der Waals surface area contributed by atoms with Gasteiger partial charge in [0.15, 0.2) is 0 Å². The zero-order valence-electron chi connectivity index (χ0n) is 13.3. The molecule has 0 radical (unpaired) electrons. The molecule has 1 fully saturated rings. The van der Waals surface area contributed by atoms with Crippen LogP contribution in [0.15, 0.2) is 36.8 Å². The molecule has 0 aliphatic heterocycles. The number of hydrogen-bond donors (Lipinski definition) is 2. The molecule has 0 unspecified atom stereocenters. The topological polar surface area (TPSA) is 76.4 Å². The Morgan fingerprint density at radius 3 is 2.87 bits per heavy atom. The van der Waals surface area contributed by atoms with Gasteiger partial charge in [0.2, 0.25) is 0 Å². The van der Waals surface area contributed by atoms with Crippen LogP contribution in [-0.4, -0.2) is 33.8 Å². The number of nitrogens with one attached hydrogen (secondary N) is 1. The Morgan fingerprint density at radius 1 is 1.48 bits per heavy atom. The van der Waals surface area contributed by atoms with Crippen LogP contribution < -0.4 is 10.1 Å². The first-order valence-corrected chi connectivity index (χ1v) is 7.67. The highest BCUT2D eigenvalue weighted by Crippen LogP contribution is 2.38. The Labute approximate surface area is 135 Å². The van der Waals surface area contributed by atoms with Gasteiger partial charge in [0.1, 0.15) is 11.4 Å². The van der Waals surface area contributed by atoms with E-state index < -0.39 is 0 Å². The highest BCUT2D eigenvalue weighted by atomic mass is 16.5. The number of carbonyl (C=O) groups excluding carboxylic acids is 1. The highest BCUT2D eigenvalue weighted by Gasteiger charge is 2.36. The molecule has 23 heavy (non-hydrogen) atoms. The first kappa shape index (κ1) is 15.6. The molecular weight excluding hydrogens is 294 g/mol. The minimum atomic E-state index is -0.284. The number of amides is 1. The van der Waals surface area contributed by atoms with E-state index in [4.69, 9.17) is 4.74 Å². The number of hydrogen-bond acceptors (Lipinski definition) is 4. The zero-order valence-corrected chi connectivity index (χ0v) is 13.3. The highest BCUT2D eigenvalue weighted by molar-refractivity contribution is 5.93. The Kier molecular flexibility index (Phi) is 4.34. The van der Waals surface area contributed by atoms with E-state index >= 15 is 0 Å². The molecule has 2 N–H and O–H groups in total. The summed E-state index contributed by atoms with van der Waals surface area (Å²) in [5.41, 5.74) is 1.49. The van der Waals surface area contributed by atoms with Gasteiger partial charge < -0.3 is 19.7 Å². The third-order valence-electron chi connectivity index (χ3n) is 4.41. The van der Waals surface area contributed by atoms with Crippen LogP contribution in [0.25, 0.3) is 0 Å². The smallest absolute Gasteiger partial charge is 0.268 e. The van der Waals surface area contributed by atoms with E-state index in [9.17, 15) is 9.90 Å². The summed E-state index contributed by atoms with van der Waals surface area (Å²) in [6.45, 7) is 0. The molecule has 6 heteroatoms. The van der Waals surface area contributed by atoms with E-state index in [1.54, 1.807) is 30.1 Å². The number of methoxy groups -OCH3 is 1. The lowest BCUT2D eigenvalue weighted by molar-refractivity contribution is 0.0233. The van der Waals surface area contributed by atoms with Crippen LogP contribution in [0.4, 0.5) is 0 Å². The quantitative estimate of drug-likeness (QED) is 0.880. The van der Waals surface area contributed by atoms with Gasteiger partial charge in [-0.25, -0.2) is 0 Å². The zero-order chi connectivity index (χ0) is 16.4. The van der Waals surface area contributed by atoms with Crippen LogP contribution in [0.3, 0.4) is 0 Å². The van der Waals surface area contributed by atoms with Crippen LogP contribution in [0.1, 0.15) is 34.9 Å². The maximum absolute atomic E-state index is 12.5. The normalized spacial score (nSPS) is 21.3. The molecule has 0 spiro atoms. The minimum absolute atomic E-state index is 0.133. The maximum atomic E-state index is 12.5. The van der Waals surface area contributed by atoms with Gasteiger partial charge in [-0.3, -0.25) is 9.78 Å². The van der Waals surface area contributed by atoms with Gasteiger partial charge >= 0.3 is 0 Å². The summed E-state index contributed by atoms with van der Waals surface area (Å²) in [7, 11) is 3.43. The second-order valence-electron chi connectivity index (χ2n) is 6.00.